The topological polar surface area (TPSA) is 0 Å². The van der Waals surface area contributed by atoms with E-state index in [2.05, 4.69) is 77.5 Å². The monoisotopic (exact) mass is 396 g/mol. The molecule has 126 valence electrons. The third kappa shape index (κ3) is 1.79. The largest absolute Gasteiger partial charge is 0.142 e. The van der Waals surface area contributed by atoms with Crippen molar-refractivity contribution in [1.29, 1.82) is 0 Å². The van der Waals surface area contributed by atoms with Crippen LogP contribution in [0.2, 0.25) is 0 Å². The first-order valence-electron chi connectivity index (χ1n) is 9.02. The molecule has 7 aromatic rings. The van der Waals surface area contributed by atoms with Crippen molar-refractivity contribution in [1.82, 2.24) is 0 Å². The number of thiophene rings is 2. The molecule has 3 heterocycles. The fraction of sp³-hybridized carbons (Fsp3) is 0. The van der Waals surface area contributed by atoms with Crippen LogP contribution in [0.15, 0.2) is 77.5 Å². The second-order valence-electron chi connectivity index (χ2n) is 7.05. The van der Waals surface area contributed by atoms with Crippen molar-refractivity contribution in [3.63, 3.8) is 0 Å². The van der Waals surface area contributed by atoms with Gasteiger partial charge in [0.25, 0.3) is 0 Å². The number of rotatable bonds is 1. The van der Waals surface area contributed by atoms with Gasteiger partial charge < -0.3 is 0 Å². The van der Waals surface area contributed by atoms with Gasteiger partial charge in [0.1, 0.15) is 0 Å². The minimum absolute atomic E-state index is 0.454. The molecule has 0 spiro atoms. The van der Waals surface area contributed by atoms with Gasteiger partial charge >= 0.3 is 0 Å². The summed E-state index contributed by atoms with van der Waals surface area (Å²) in [4.78, 5) is 0. The van der Waals surface area contributed by atoms with Gasteiger partial charge in [-0.15, -0.1) is 22.7 Å². The highest BCUT2D eigenvalue weighted by molar-refractivity contribution is 7.70. The molecule has 3 heteroatoms. The summed E-state index contributed by atoms with van der Waals surface area (Å²) in [6.07, 6.45) is 0. The Morgan fingerprint density at radius 1 is 0.556 bits per heavy atom. The SMILES string of the molecule is c1cc2ccc3ccc(-p4c5ccsc5c5sccc54)c4ccc(c1)c2c34. The lowest BCUT2D eigenvalue weighted by atomic mass is 9.94. The Morgan fingerprint density at radius 3 is 1.85 bits per heavy atom. The Balaban J connectivity index is 1.74. The van der Waals surface area contributed by atoms with Crippen molar-refractivity contribution in [2.45, 2.75) is 0 Å². The molecule has 0 aliphatic carbocycles. The van der Waals surface area contributed by atoms with Crippen LogP contribution in [0, 0.1) is 0 Å². The third-order valence-electron chi connectivity index (χ3n) is 5.72. The van der Waals surface area contributed by atoms with E-state index in [9.17, 15) is 0 Å². The van der Waals surface area contributed by atoms with Crippen molar-refractivity contribution in [3.8, 4) is 5.30 Å². The van der Waals surface area contributed by atoms with E-state index in [1.54, 1.807) is 10.2 Å². The molecule has 0 saturated heterocycles. The maximum Gasteiger partial charge on any atom is 0.0567 e. The van der Waals surface area contributed by atoms with E-state index in [-0.39, 0.29) is 0 Å². The highest BCUT2D eigenvalue weighted by Gasteiger charge is 2.18. The summed E-state index contributed by atoms with van der Waals surface area (Å²) in [5, 5.41) is 17.4. The van der Waals surface area contributed by atoms with E-state index in [0.29, 0.717) is 0 Å². The van der Waals surface area contributed by atoms with E-state index in [0.717, 1.165) is 0 Å². The number of benzene rings is 4. The van der Waals surface area contributed by atoms with E-state index in [4.69, 9.17) is 0 Å². The van der Waals surface area contributed by atoms with Gasteiger partial charge in [-0.05, 0) is 61.3 Å². The van der Waals surface area contributed by atoms with Crippen LogP contribution >= 0.6 is 30.2 Å². The molecule has 0 unspecified atom stereocenters. The van der Waals surface area contributed by atoms with E-state index < -0.39 is 7.53 Å². The molecule has 0 nitrogen and oxygen atoms in total. The maximum atomic E-state index is 2.39. The summed E-state index contributed by atoms with van der Waals surface area (Å²) in [6, 6.07) is 25.3. The average Bonchev–Trinajstić information content (AvgIpc) is 3.41. The molecule has 0 aliphatic rings. The van der Waals surface area contributed by atoms with Crippen LogP contribution in [0.5, 0.6) is 0 Å². The zero-order valence-corrected chi connectivity index (χ0v) is 16.8. The lowest BCUT2D eigenvalue weighted by molar-refractivity contribution is 1.80. The number of hydrogen-bond donors (Lipinski definition) is 0. The standard InChI is InChI=1S/C24H13PS2/c1-2-14-4-5-16-7-9-18(17-8-6-15(3-1)21(14)22(16)17)25-19-10-12-26-23(19)24-20(25)11-13-27-24/h1-13H. The minimum atomic E-state index is -0.454. The first kappa shape index (κ1) is 14.6. The smallest absolute Gasteiger partial charge is 0.0567 e. The maximum absolute atomic E-state index is 2.39. The number of hydrogen-bond acceptors (Lipinski definition) is 2. The van der Waals surface area contributed by atoms with Crippen LogP contribution in [0.25, 0.3) is 57.3 Å². The molecule has 0 bridgehead atoms. The molecule has 3 aromatic heterocycles. The fourth-order valence-electron chi connectivity index (χ4n) is 4.60. The van der Waals surface area contributed by atoms with Crippen LogP contribution in [-0.4, -0.2) is 0 Å². The van der Waals surface area contributed by atoms with Gasteiger partial charge in [0.15, 0.2) is 0 Å². The Morgan fingerprint density at radius 2 is 1.15 bits per heavy atom. The van der Waals surface area contributed by atoms with E-state index in [1.165, 1.54) is 47.0 Å². The fourth-order valence-corrected chi connectivity index (χ4v) is 10.1. The molecule has 0 fully saturated rings. The Bertz CT molecular complexity index is 1560. The average molecular weight is 396 g/mol. The highest BCUT2D eigenvalue weighted by Crippen LogP contribution is 2.60. The molecule has 27 heavy (non-hydrogen) atoms. The molecule has 0 N–H and O–H groups in total. The van der Waals surface area contributed by atoms with Gasteiger partial charge in [-0.1, -0.05) is 56.1 Å². The van der Waals surface area contributed by atoms with Gasteiger partial charge in [-0.2, -0.15) is 0 Å². The van der Waals surface area contributed by atoms with Crippen molar-refractivity contribution >= 4 is 82.2 Å². The Hall–Kier alpha value is -2.38. The quantitative estimate of drug-likeness (QED) is 0.243. The summed E-state index contributed by atoms with van der Waals surface area (Å²) in [5.41, 5.74) is 0. The number of fused-ring (bicyclic) bond motifs is 3. The van der Waals surface area contributed by atoms with Crippen molar-refractivity contribution in [2.24, 2.45) is 0 Å². The zero-order chi connectivity index (χ0) is 17.5. The molecular weight excluding hydrogens is 383 g/mol. The molecule has 0 radical (unpaired) electrons. The van der Waals surface area contributed by atoms with Gasteiger partial charge in [0.2, 0.25) is 0 Å². The van der Waals surface area contributed by atoms with Gasteiger partial charge in [-0.25, -0.2) is 0 Å². The van der Waals surface area contributed by atoms with E-state index >= 15 is 0 Å². The molecule has 0 atom stereocenters. The molecule has 0 saturated carbocycles. The van der Waals surface area contributed by atoms with Crippen molar-refractivity contribution in [3.05, 3.63) is 77.5 Å². The first-order chi connectivity index (χ1) is 13.4. The first-order valence-corrected chi connectivity index (χ1v) is 12.1. The second kappa shape index (κ2) is 5.11. The van der Waals surface area contributed by atoms with Crippen LogP contribution < -0.4 is 0 Å². The van der Waals surface area contributed by atoms with Crippen LogP contribution in [0.1, 0.15) is 0 Å². The normalized spacial score (nSPS) is 12.4. The van der Waals surface area contributed by atoms with E-state index in [1.807, 2.05) is 22.7 Å². The van der Waals surface area contributed by atoms with Crippen molar-refractivity contribution < 1.29 is 0 Å². The zero-order valence-electron chi connectivity index (χ0n) is 14.3. The second-order valence-corrected chi connectivity index (χ2v) is 11.0. The Labute approximate surface area is 164 Å². The molecule has 4 aromatic carbocycles. The lowest BCUT2D eigenvalue weighted by Crippen LogP contribution is -1.84. The minimum Gasteiger partial charge on any atom is -0.142 e. The third-order valence-corrected chi connectivity index (χ3v) is 10.6. The molecular formula is C24H13PS2. The summed E-state index contributed by atoms with van der Waals surface area (Å²) in [6.45, 7) is 0. The Kier molecular flexibility index (Phi) is 2.77. The predicted octanol–water partition coefficient (Wildman–Crippen LogP) is 8.99. The summed E-state index contributed by atoms with van der Waals surface area (Å²) in [5.74, 6) is 0. The summed E-state index contributed by atoms with van der Waals surface area (Å²) >= 11 is 3.80. The molecule has 0 amide bonds. The van der Waals surface area contributed by atoms with Gasteiger partial charge in [0.05, 0.1) is 9.40 Å². The van der Waals surface area contributed by atoms with Gasteiger partial charge in [-0.3, -0.25) is 0 Å². The molecule has 7 rings (SSSR count). The van der Waals surface area contributed by atoms with Gasteiger partial charge in [0, 0.05) is 15.5 Å². The van der Waals surface area contributed by atoms with Crippen LogP contribution in [0.4, 0.5) is 0 Å². The van der Waals surface area contributed by atoms with Crippen LogP contribution in [-0.2, 0) is 0 Å². The predicted molar refractivity (Wildman–Crippen MR) is 125 cm³/mol. The highest BCUT2D eigenvalue weighted by atomic mass is 32.1. The van der Waals surface area contributed by atoms with Crippen LogP contribution in [0.3, 0.4) is 0 Å². The molecule has 0 aliphatic heterocycles. The summed E-state index contributed by atoms with van der Waals surface area (Å²) in [7, 11) is -0.454. The summed E-state index contributed by atoms with van der Waals surface area (Å²) < 4.78 is 2.99. The van der Waals surface area contributed by atoms with Crippen molar-refractivity contribution in [2.75, 3.05) is 0 Å². The lowest BCUT2D eigenvalue weighted by Gasteiger charge is -2.14.